The van der Waals surface area contributed by atoms with Gasteiger partial charge in [-0.3, -0.25) is 9.69 Å². The summed E-state index contributed by atoms with van der Waals surface area (Å²) < 4.78 is 5.61. The Balaban J connectivity index is 1.58. The molecule has 3 heterocycles. The highest BCUT2D eigenvalue weighted by molar-refractivity contribution is 5.65. The van der Waals surface area contributed by atoms with E-state index in [-0.39, 0.29) is 5.56 Å². The Kier molecular flexibility index (Phi) is 5.65. The van der Waals surface area contributed by atoms with Crippen LogP contribution in [0.1, 0.15) is 29.9 Å². The number of nitrogens with zero attached hydrogens (tertiary/aromatic N) is 2. The van der Waals surface area contributed by atoms with Gasteiger partial charge < -0.3 is 14.7 Å². The van der Waals surface area contributed by atoms with Crippen LogP contribution in [-0.2, 0) is 6.54 Å². The number of rotatable bonds is 5. The van der Waals surface area contributed by atoms with E-state index >= 15 is 0 Å². The van der Waals surface area contributed by atoms with Crippen LogP contribution in [0.5, 0.6) is 0 Å². The van der Waals surface area contributed by atoms with Crippen LogP contribution in [0.15, 0.2) is 45.6 Å². The first-order chi connectivity index (χ1) is 14.0. The van der Waals surface area contributed by atoms with Gasteiger partial charge in [0, 0.05) is 29.8 Å². The third-order valence-corrected chi connectivity index (χ3v) is 5.66. The Labute approximate surface area is 171 Å². The van der Waals surface area contributed by atoms with Crippen LogP contribution in [0.25, 0.3) is 22.6 Å². The summed E-state index contributed by atoms with van der Waals surface area (Å²) in [6, 6.07) is 12.4. The van der Waals surface area contributed by atoms with Crippen molar-refractivity contribution in [3.63, 3.8) is 0 Å². The van der Waals surface area contributed by atoms with E-state index < -0.39 is 0 Å². The molecule has 1 aliphatic heterocycles. The lowest BCUT2D eigenvalue weighted by atomic mass is 10.0. The van der Waals surface area contributed by atoms with Gasteiger partial charge in [-0.2, -0.15) is 0 Å². The molecule has 0 aliphatic carbocycles. The molecule has 3 aromatic rings. The summed E-state index contributed by atoms with van der Waals surface area (Å²) in [6.07, 6.45) is 2.35. The zero-order chi connectivity index (χ0) is 20.4. The molecule has 6 heteroatoms. The van der Waals surface area contributed by atoms with Gasteiger partial charge in [-0.1, -0.05) is 18.2 Å². The van der Waals surface area contributed by atoms with E-state index in [4.69, 9.17) is 9.40 Å². The maximum absolute atomic E-state index is 12.3. The van der Waals surface area contributed by atoms with Crippen molar-refractivity contribution in [2.24, 2.45) is 0 Å². The van der Waals surface area contributed by atoms with Gasteiger partial charge in [-0.05, 0) is 64.5 Å². The summed E-state index contributed by atoms with van der Waals surface area (Å²) in [5, 5.41) is 3.37. The number of furan rings is 1. The quantitative estimate of drug-likeness (QED) is 0.695. The highest BCUT2D eigenvalue weighted by Gasteiger charge is 2.18. The Hall–Kier alpha value is -2.70. The maximum atomic E-state index is 12.3. The van der Waals surface area contributed by atoms with Crippen LogP contribution in [0.4, 0.5) is 0 Å². The average molecular weight is 393 g/mol. The van der Waals surface area contributed by atoms with Gasteiger partial charge in [0.2, 0.25) is 0 Å². The van der Waals surface area contributed by atoms with Crippen LogP contribution in [0.3, 0.4) is 0 Å². The number of aromatic nitrogens is 2. The molecule has 4 rings (SSSR count). The number of hydrogen-bond donors (Lipinski definition) is 2. The topological polar surface area (TPSA) is 74.2 Å². The van der Waals surface area contributed by atoms with Crippen LogP contribution < -0.4 is 10.9 Å². The summed E-state index contributed by atoms with van der Waals surface area (Å²) >= 11 is 0. The van der Waals surface area contributed by atoms with Crippen molar-refractivity contribution < 1.29 is 4.42 Å². The molecule has 1 saturated heterocycles. The SMILES string of the molecule is CNC1CCN(Cc2cccc(-c3nc(-c4cc(C)oc4C)cc(=O)[nH]3)c2)CC1. The van der Waals surface area contributed by atoms with E-state index in [1.807, 2.05) is 39.1 Å². The van der Waals surface area contributed by atoms with Crippen molar-refractivity contribution in [2.45, 2.75) is 39.3 Å². The Morgan fingerprint density at radius 3 is 2.69 bits per heavy atom. The third kappa shape index (κ3) is 4.49. The normalized spacial score (nSPS) is 15.7. The van der Waals surface area contributed by atoms with Gasteiger partial charge in [0.15, 0.2) is 0 Å². The Morgan fingerprint density at radius 1 is 1.21 bits per heavy atom. The smallest absolute Gasteiger partial charge is 0.251 e. The number of aromatic amines is 1. The van der Waals surface area contributed by atoms with Gasteiger partial charge in [-0.15, -0.1) is 0 Å². The van der Waals surface area contributed by atoms with Crippen molar-refractivity contribution in [3.05, 3.63) is 63.8 Å². The molecule has 0 atom stereocenters. The van der Waals surface area contributed by atoms with Crippen molar-refractivity contribution in [2.75, 3.05) is 20.1 Å². The molecule has 1 fully saturated rings. The Morgan fingerprint density at radius 2 is 2.00 bits per heavy atom. The van der Waals surface area contributed by atoms with E-state index in [0.717, 1.165) is 42.3 Å². The van der Waals surface area contributed by atoms with Crippen LogP contribution in [-0.4, -0.2) is 41.0 Å². The number of benzene rings is 1. The first kappa shape index (κ1) is 19.6. The van der Waals surface area contributed by atoms with Gasteiger partial charge in [-0.25, -0.2) is 4.98 Å². The molecule has 1 aromatic carbocycles. The molecule has 0 radical (unpaired) electrons. The second kappa shape index (κ2) is 8.35. The summed E-state index contributed by atoms with van der Waals surface area (Å²) in [6.45, 7) is 6.89. The predicted octanol–water partition coefficient (Wildman–Crippen LogP) is 3.50. The van der Waals surface area contributed by atoms with E-state index in [0.29, 0.717) is 17.6 Å². The van der Waals surface area contributed by atoms with Crippen LogP contribution in [0, 0.1) is 13.8 Å². The fourth-order valence-corrected chi connectivity index (χ4v) is 4.07. The van der Waals surface area contributed by atoms with Crippen LogP contribution in [0.2, 0.25) is 0 Å². The van der Waals surface area contributed by atoms with Gasteiger partial charge in [0.25, 0.3) is 5.56 Å². The molecule has 2 N–H and O–H groups in total. The van der Waals surface area contributed by atoms with Crippen LogP contribution >= 0.6 is 0 Å². The number of piperidine rings is 1. The van der Waals surface area contributed by atoms with Crippen molar-refractivity contribution in [1.29, 1.82) is 0 Å². The molecule has 0 unspecified atom stereocenters. The number of aryl methyl sites for hydroxylation is 2. The standard InChI is InChI=1S/C23H28N4O2/c1-15-11-20(16(2)29-15)21-13-22(28)26-23(25-21)18-6-4-5-17(12-18)14-27-9-7-19(24-3)8-10-27/h4-6,11-13,19,24H,7-10,14H2,1-3H3,(H,25,26,28). The predicted molar refractivity (Wildman–Crippen MR) is 115 cm³/mol. The number of nitrogens with one attached hydrogen (secondary N) is 2. The van der Waals surface area contributed by atoms with Gasteiger partial charge >= 0.3 is 0 Å². The van der Waals surface area contributed by atoms with Crippen molar-refractivity contribution in [3.8, 4) is 22.6 Å². The minimum Gasteiger partial charge on any atom is -0.466 e. The first-order valence-electron chi connectivity index (χ1n) is 10.2. The lowest BCUT2D eigenvalue weighted by Gasteiger charge is -2.31. The van der Waals surface area contributed by atoms with Crippen molar-refractivity contribution in [1.82, 2.24) is 20.2 Å². The first-order valence-corrected chi connectivity index (χ1v) is 10.2. The molecular formula is C23H28N4O2. The second-order valence-corrected chi connectivity index (χ2v) is 7.85. The summed E-state index contributed by atoms with van der Waals surface area (Å²) in [4.78, 5) is 22.4. The molecule has 1 aliphatic rings. The molecule has 0 amide bonds. The molecule has 0 bridgehead atoms. The van der Waals surface area contributed by atoms with Crippen molar-refractivity contribution >= 4 is 0 Å². The monoisotopic (exact) mass is 392 g/mol. The van der Waals surface area contributed by atoms with E-state index in [9.17, 15) is 4.79 Å². The summed E-state index contributed by atoms with van der Waals surface area (Å²) in [7, 11) is 2.04. The molecule has 29 heavy (non-hydrogen) atoms. The zero-order valence-corrected chi connectivity index (χ0v) is 17.3. The molecule has 152 valence electrons. The molecular weight excluding hydrogens is 364 g/mol. The molecule has 0 spiro atoms. The molecule has 0 saturated carbocycles. The Bertz CT molecular complexity index is 1050. The number of H-pyrrole nitrogens is 1. The van der Waals surface area contributed by atoms with E-state index in [1.54, 1.807) is 0 Å². The largest absolute Gasteiger partial charge is 0.466 e. The van der Waals surface area contributed by atoms with E-state index in [1.165, 1.54) is 24.5 Å². The average Bonchev–Trinajstić information content (AvgIpc) is 3.06. The number of hydrogen-bond acceptors (Lipinski definition) is 5. The molecule has 2 aromatic heterocycles. The summed E-state index contributed by atoms with van der Waals surface area (Å²) in [5.74, 6) is 2.16. The number of likely N-dealkylation sites (tertiary alicyclic amines) is 1. The van der Waals surface area contributed by atoms with Gasteiger partial charge in [0.05, 0.1) is 5.69 Å². The third-order valence-electron chi connectivity index (χ3n) is 5.66. The lowest BCUT2D eigenvalue weighted by molar-refractivity contribution is 0.194. The maximum Gasteiger partial charge on any atom is 0.251 e. The fraction of sp³-hybridized carbons (Fsp3) is 0.391. The zero-order valence-electron chi connectivity index (χ0n) is 17.3. The minimum absolute atomic E-state index is 0.164. The lowest BCUT2D eigenvalue weighted by Crippen LogP contribution is -2.40. The highest BCUT2D eigenvalue weighted by Crippen LogP contribution is 2.26. The second-order valence-electron chi connectivity index (χ2n) is 7.85. The van der Waals surface area contributed by atoms with Gasteiger partial charge in [0.1, 0.15) is 17.3 Å². The minimum atomic E-state index is -0.164. The highest BCUT2D eigenvalue weighted by atomic mass is 16.3. The summed E-state index contributed by atoms with van der Waals surface area (Å²) in [5.41, 5.74) is 3.48. The van der Waals surface area contributed by atoms with E-state index in [2.05, 4.69) is 27.3 Å². The fourth-order valence-electron chi connectivity index (χ4n) is 4.07. The molecule has 6 nitrogen and oxygen atoms in total.